The normalized spacial score (nSPS) is 11.6. The molecule has 1 rings (SSSR count). The van der Waals surface area contributed by atoms with Crippen molar-refractivity contribution in [3.05, 3.63) is 33.9 Å². The lowest BCUT2D eigenvalue weighted by Crippen LogP contribution is -2.26. The minimum Gasteiger partial charge on any atom is -0.314 e. The number of sulfonamides is 1. The Morgan fingerprint density at radius 2 is 2.00 bits per heavy atom. The van der Waals surface area contributed by atoms with Gasteiger partial charge in [-0.1, -0.05) is 19.9 Å². The number of hydrogen-bond donors (Lipinski definition) is 2. The fourth-order valence-corrected chi connectivity index (χ4v) is 2.87. The fourth-order valence-electron chi connectivity index (χ4n) is 1.75. The Balaban J connectivity index is 2.67. The van der Waals surface area contributed by atoms with E-state index in [2.05, 4.69) is 10.0 Å². The van der Waals surface area contributed by atoms with Crippen LogP contribution in [0.25, 0.3) is 0 Å². The number of nitrogens with zero attached hydrogens (tertiary/aromatic N) is 1. The number of nitro groups is 1. The van der Waals surface area contributed by atoms with Gasteiger partial charge in [-0.05, 0) is 26.0 Å². The molecule has 2 N–H and O–H groups in total. The summed E-state index contributed by atoms with van der Waals surface area (Å²) >= 11 is 0. The maximum Gasteiger partial charge on any atom is 0.274 e. The molecule has 0 fully saturated rings. The van der Waals surface area contributed by atoms with Crippen LogP contribution in [0.3, 0.4) is 0 Å². The highest BCUT2D eigenvalue weighted by Gasteiger charge is 2.15. The molecule has 0 amide bonds. The second kappa shape index (κ2) is 7.37. The fraction of sp³-hybridized carbons (Fsp3) is 0.538. The second-order valence-corrected chi connectivity index (χ2v) is 6.98. The number of nitro benzene ring substituents is 1. The molecule has 0 saturated heterocycles. The molecule has 0 unspecified atom stereocenters. The molecule has 0 spiro atoms. The summed E-state index contributed by atoms with van der Waals surface area (Å²) in [7, 11) is -3.50. The third-order valence-electron chi connectivity index (χ3n) is 2.82. The average molecular weight is 315 g/mol. The van der Waals surface area contributed by atoms with E-state index in [9.17, 15) is 18.5 Å². The van der Waals surface area contributed by atoms with Crippen LogP contribution < -0.4 is 10.0 Å². The maximum absolute atomic E-state index is 11.9. The molecule has 0 bridgehead atoms. The molecule has 8 heteroatoms. The van der Waals surface area contributed by atoms with Crippen molar-refractivity contribution in [2.45, 2.75) is 33.2 Å². The minimum atomic E-state index is -3.50. The van der Waals surface area contributed by atoms with Crippen LogP contribution >= 0.6 is 0 Å². The molecule has 0 aliphatic rings. The predicted molar refractivity (Wildman–Crippen MR) is 83.0 cm³/mol. The zero-order chi connectivity index (χ0) is 16.0. The van der Waals surface area contributed by atoms with Crippen molar-refractivity contribution in [1.29, 1.82) is 0 Å². The van der Waals surface area contributed by atoms with Crippen molar-refractivity contribution in [1.82, 2.24) is 5.32 Å². The van der Waals surface area contributed by atoms with Gasteiger partial charge in [0.25, 0.3) is 5.69 Å². The van der Waals surface area contributed by atoms with Gasteiger partial charge in [-0.25, -0.2) is 8.42 Å². The van der Waals surface area contributed by atoms with Gasteiger partial charge in [-0.3, -0.25) is 14.8 Å². The number of rotatable bonds is 8. The van der Waals surface area contributed by atoms with Crippen molar-refractivity contribution >= 4 is 21.4 Å². The van der Waals surface area contributed by atoms with Gasteiger partial charge in [0.2, 0.25) is 10.0 Å². The Labute approximate surface area is 124 Å². The molecule has 0 aromatic heterocycles. The second-order valence-electron chi connectivity index (χ2n) is 5.14. The Morgan fingerprint density at radius 3 is 2.57 bits per heavy atom. The van der Waals surface area contributed by atoms with Crippen molar-refractivity contribution in [2.24, 2.45) is 0 Å². The molecule has 1 aromatic rings. The maximum atomic E-state index is 11.9. The largest absolute Gasteiger partial charge is 0.314 e. The van der Waals surface area contributed by atoms with Crippen LogP contribution in [-0.2, 0) is 10.0 Å². The van der Waals surface area contributed by atoms with Crippen molar-refractivity contribution in [3.8, 4) is 0 Å². The Hall–Kier alpha value is -1.67. The van der Waals surface area contributed by atoms with Gasteiger partial charge in [-0.2, -0.15) is 0 Å². The summed E-state index contributed by atoms with van der Waals surface area (Å²) in [5.41, 5.74) is 0.602. The summed E-state index contributed by atoms with van der Waals surface area (Å²) in [4.78, 5) is 10.3. The lowest BCUT2D eigenvalue weighted by molar-refractivity contribution is -0.385. The summed E-state index contributed by atoms with van der Waals surface area (Å²) in [6.45, 7) is 6.18. The molecule has 0 radical (unpaired) electrons. The standard InChI is InChI=1S/C13H21N3O4S/c1-10(2)14-7-4-8-21(19,20)15-12-6-5-11(3)13(9-12)16(17)18/h5-6,9-10,14-15H,4,7-8H2,1-3H3. The Bertz CT molecular complexity index is 599. The van der Waals surface area contributed by atoms with Gasteiger partial charge < -0.3 is 5.32 Å². The van der Waals surface area contributed by atoms with E-state index < -0.39 is 14.9 Å². The summed E-state index contributed by atoms with van der Waals surface area (Å²) in [5, 5.41) is 14.0. The van der Waals surface area contributed by atoms with Crippen molar-refractivity contribution < 1.29 is 13.3 Å². The molecule has 0 atom stereocenters. The van der Waals surface area contributed by atoms with Gasteiger partial charge in [0, 0.05) is 17.7 Å². The zero-order valence-corrected chi connectivity index (χ0v) is 13.2. The first-order chi connectivity index (χ1) is 9.71. The van der Waals surface area contributed by atoms with Crippen LogP contribution in [0.1, 0.15) is 25.8 Å². The lowest BCUT2D eigenvalue weighted by atomic mass is 10.2. The van der Waals surface area contributed by atoms with Gasteiger partial charge >= 0.3 is 0 Å². The number of aryl methyl sites for hydroxylation is 1. The van der Waals surface area contributed by atoms with Crippen LogP contribution in [0.15, 0.2) is 18.2 Å². The molecular weight excluding hydrogens is 294 g/mol. The van der Waals surface area contributed by atoms with E-state index in [1.165, 1.54) is 18.2 Å². The third kappa shape index (κ3) is 6.09. The molecule has 118 valence electrons. The van der Waals surface area contributed by atoms with Crippen LogP contribution in [0, 0.1) is 17.0 Å². The highest BCUT2D eigenvalue weighted by molar-refractivity contribution is 7.92. The first kappa shape index (κ1) is 17.4. The topological polar surface area (TPSA) is 101 Å². The number of nitrogens with one attached hydrogen (secondary N) is 2. The zero-order valence-electron chi connectivity index (χ0n) is 12.4. The molecule has 0 saturated carbocycles. The van der Waals surface area contributed by atoms with E-state index in [-0.39, 0.29) is 17.1 Å². The number of anilines is 1. The highest BCUT2D eigenvalue weighted by atomic mass is 32.2. The van der Waals surface area contributed by atoms with E-state index in [1.54, 1.807) is 6.92 Å². The van der Waals surface area contributed by atoms with Gasteiger partial charge in [0.1, 0.15) is 0 Å². The minimum absolute atomic E-state index is 0.0333. The molecular formula is C13H21N3O4S. The van der Waals surface area contributed by atoms with E-state index in [1.807, 2.05) is 13.8 Å². The molecule has 7 nitrogen and oxygen atoms in total. The summed E-state index contributed by atoms with van der Waals surface area (Å²) in [6, 6.07) is 4.59. The van der Waals surface area contributed by atoms with E-state index in [0.717, 1.165) is 0 Å². The number of hydrogen-bond acceptors (Lipinski definition) is 5. The van der Waals surface area contributed by atoms with E-state index in [4.69, 9.17) is 0 Å². The van der Waals surface area contributed by atoms with Gasteiger partial charge in [0.05, 0.1) is 16.4 Å². The van der Waals surface area contributed by atoms with Crippen molar-refractivity contribution in [3.63, 3.8) is 0 Å². The molecule has 1 aromatic carbocycles. The van der Waals surface area contributed by atoms with Crippen LogP contribution in [0.5, 0.6) is 0 Å². The summed E-state index contributed by atoms with van der Waals surface area (Å²) in [6.07, 6.45) is 0.474. The Kier molecular flexibility index (Phi) is 6.10. The Morgan fingerprint density at radius 1 is 1.33 bits per heavy atom. The van der Waals surface area contributed by atoms with Crippen LogP contribution in [0.4, 0.5) is 11.4 Å². The monoisotopic (exact) mass is 315 g/mol. The van der Waals surface area contributed by atoms with Gasteiger partial charge in [0.15, 0.2) is 0 Å². The molecule has 0 heterocycles. The quantitative estimate of drug-likeness (QED) is 0.434. The first-order valence-corrected chi connectivity index (χ1v) is 8.35. The van der Waals surface area contributed by atoms with Crippen LogP contribution in [-0.4, -0.2) is 31.7 Å². The third-order valence-corrected chi connectivity index (χ3v) is 4.19. The lowest BCUT2D eigenvalue weighted by Gasteiger charge is -2.10. The van der Waals surface area contributed by atoms with Crippen LogP contribution in [0.2, 0.25) is 0 Å². The summed E-state index contributed by atoms with van der Waals surface area (Å²) < 4.78 is 26.2. The van der Waals surface area contributed by atoms with E-state index >= 15 is 0 Å². The van der Waals surface area contributed by atoms with Crippen molar-refractivity contribution in [2.75, 3.05) is 17.0 Å². The average Bonchev–Trinajstić information content (AvgIpc) is 2.36. The predicted octanol–water partition coefficient (Wildman–Crippen LogP) is 2.03. The number of benzene rings is 1. The smallest absolute Gasteiger partial charge is 0.274 e. The highest BCUT2D eigenvalue weighted by Crippen LogP contribution is 2.23. The molecule has 21 heavy (non-hydrogen) atoms. The first-order valence-electron chi connectivity index (χ1n) is 6.70. The van der Waals surface area contributed by atoms with Gasteiger partial charge in [-0.15, -0.1) is 0 Å². The SMILES string of the molecule is Cc1ccc(NS(=O)(=O)CCCNC(C)C)cc1[N+](=O)[O-]. The molecule has 0 aliphatic heterocycles. The summed E-state index contributed by atoms with van der Waals surface area (Å²) in [5.74, 6) is -0.0333. The van der Waals surface area contributed by atoms with E-state index in [0.29, 0.717) is 24.6 Å². The molecule has 0 aliphatic carbocycles.